The number of rotatable bonds is 10. The molecule has 0 bridgehead atoms. The largest absolute Gasteiger partial charge is 0.508 e. The van der Waals surface area contributed by atoms with E-state index in [1.807, 2.05) is 62.4 Å². The predicted octanol–water partition coefficient (Wildman–Crippen LogP) is 10.3. The summed E-state index contributed by atoms with van der Waals surface area (Å²) in [6, 6.07) is 18.9. The molecular weight excluding hydrogens is 883 g/mol. The second kappa shape index (κ2) is 24.0. The van der Waals surface area contributed by atoms with Gasteiger partial charge in [0, 0.05) is 23.9 Å². The molecule has 2 aliphatic heterocycles. The van der Waals surface area contributed by atoms with E-state index in [0.29, 0.717) is 44.6 Å². The maximum atomic E-state index is 12.9. The molecule has 8 rings (SSSR count). The Morgan fingerprint density at radius 3 is 1.48 bits per heavy atom. The highest BCUT2D eigenvalue weighted by Gasteiger charge is 2.42. The van der Waals surface area contributed by atoms with Gasteiger partial charge < -0.3 is 24.4 Å². The number of piperidine rings is 2. The van der Waals surface area contributed by atoms with Crippen molar-refractivity contribution >= 4 is 33.7 Å². The van der Waals surface area contributed by atoms with E-state index in [2.05, 4.69) is 14.8 Å². The summed E-state index contributed by atoms with van der Waals surface area (Å²) in [5.41, 5.74) is 3.73. The summed E-state index contributed by atoms with van der Waals surface area (Å²) >= 11 is 0. The molecule has 2 aromatic heterocycles. The number of benzene rings is 2. The number of aliphatic hydroxyl groups excluding tert-OH is 1. The molecule has 2 saturated heterocycles. The SMILES string of the molecule is CCOC(=O)C1CCN(Cc2ccc3cc(O)ccc3n2)CC1.CCOC(=O)C1CCN(Cc2ccc3cc(OC4CCC(C(F)(F)F)CC4)ccc3n2)CC1.OC1CCC(C(F)(F)F)CC1. The fraction of sp³-hybridized carbons (Fsp3) is 0.600. The lowest BCUT2D eigenvalue weighted by atomic mass is 9.87. The highest BCUT2D eigenvalue weighted by Crippen LogP contribution is 2.39. The number of aliphatic hydroxyl groups is 1. The minimum Gasteiger partial charge on any atom is -0.508 e. The first kappa shape index (κ1) is 51.6. The quantitative estimate of drug-likeness (QED) is 0.116. The van der Waals surface area contributed by atoms with Crippen LogP contribution in [-0.2, 0) is 32.2 Å². The number of carbonyl (C=O) groups excluding carboxylic acids is 2. The van der Waals surface area contributed by atoms with E-state index in [9.17, 15) is 41.0 Å². The van der Waals surface area contributed by atoms with Crippen molar-refractivity contribution in [3.05, 3.63) is 72.1 Å². The first-order chi connectivity index (χ1) is 32.0. The number of aromatic hydroxyl groups is 1. The molecule has 11 nitrogen and oxygen atoms in total. The highest BCUT2D eigenvalue weighted by molar-refractivity contribution is 5.81. The molecule has 2 saturated carbocycles. The molecule has 4 aliphatic rings. The lowest BCUT2D eigenvalue weighted by Crippen LogP contribution is -2.36. The van der Waals surface area contributed by atoms with Crippen molar-refractivity contribution in [3.63, 3.8) is 0 Å². The summed E-state index contributed by atoms with van der Waals surface area (Å²) in [6.07, 6.45) is -3.67. The fourth-order valence-corrected chi connectivity index (χ4v) is 9.29. The zero-order valence-corrected chi connectivity index (χ0v) is 38.4. The molecule has 4 fully saturated rings. The van der Waals surface area contributed by atoms with Gasteiger partial charge in [-0.25, -0.2) is 0 Å². The number of hydrogen-bond acceptors (Lipinski definition) is 11. The Kier molecular flexibility index (Phi) is 18.5. The molecule has 67 heavy (non-hydrogen) atoms. The number of esters is 2. The summed E-state index contributed by atoms with van der Waals surface area (Å²) in [6.45, 7) is 9.52. The normalized spacial score (nSPS) is 22.5. The van der Waals surface area contributed by atoms with E-state index < -0.39 is 30.3 Å². The molecule has 0 spiro atoms. The number of fused-ring (bicyclic) bond motifs is 2. The van der Waals surface area contributed by atoms with Crippen LogP contribution in [0.25, 0.3) is 21.8 Å². The molecule has 17 heteroatoms. The number of pyridine rings is 2. The lowest BCUT2D eigenvalue weighted by Gasteiger charge is -2.30. The van der Waals surface area contributed by atoms with Crippen molar-refractivity contribution in [2.45, 2.75) is 129 Å². The van der Waals surface area contributed by atoms with Gasteiger partial charge in [-0.1, -0.05) is 12.1 Å². The van der Waals surface area contributed by atoms with Gasteiger partial charge in [-0.3, -0.25) is 29.4 Å². The summed E-state index contributed by atoms with van der Waals surface area (Å²) in [4.78, 5) is 37.7. The second-order valence-corrected chi connectivity index (χ2v) is 18.1. The number of ether oxygens (including phenoxy) is 3. The van der Waals surface area contributed by atoms with Crippen LogP contribution in [0.1, 0.15) is 102 Å². The maximum Gasteiger partial charge on any atom is 0.391 e. The van der Waals surface area contributed by atoms with Crippen LogP contribution in [0, 0.1) is 23.7 Å². The summed E-state index contributed by atoms with van der Waals surface area (Å²) in [5.74, 6) is -1.56. The molecule has 2 N–H and O–H groups in total. The fourth-order valence-electron chi connectivity index (χ4n) is 9.29. The molecule has 368 valence electrons. The van der Waals surface area contributed by atoms with Gasteiger partial charge >= 0.3 is 24.3 Å². The van der Waals surface area contributed by atoms with Gasteiger partial charge in [-0.05, 0) is 166 Å². The number of hydrogen-bond donors (Lipinski definition) is 2. The standard InChI is InChI=1S/C25H31F3N2O3.C18H22N2O3.C7H11F3O/c1-2-32-24(31)17-11-13-30(14-12-17)16-20-6-3-18-15-22(9-10-23(18)29-20)33-21-7-4-19(5-8-21)25(26,27)28;1-2-23-18(22)13-7-9-20(10-8-13)12-15-4-3-14-11-16(21)5-6-17(14)19-15;8-7(9,10)5-1-3-6(11)4-2-5/h3,6,9-10,15,17,19,21H,2,4-5,7-8,11-14,16H2,1H3;3-6,11,13,21H,2,7-10,12H2,1H3;5-6,11H,1-4H2. The van der Waals surface area contributed by atoms with Gasteiger partial charge in [0.15, 0.2) is 0 Å². The van der Waals surface area contributed by atoms with E-state index in [1.165, 1.54) is 0 Å². The number of aromatic nitrogens is 2. The van der Waals surface area contributed by atoms with Gasteiger partial charge in [0.05, 0.1) is 71.5 Å². The Morgan fingerprint density at radius 1 is 0.597 bits per heavy atom. The average Bonchev–Trinajstić information content (AvgIpc) is 3.30. The number of nitrogens with zero attached hydrogens (tertiary/aromatic N) is 4. The van der Waals surface area contributed by atoms with Crippen molar-refractivity contribution in [2.24, 2.45) is 23.7 Å². The topological polar surface area (TPSA) is 135 Å². The highest BCUT2D eigenvalue weighted by atomic mass is 19.4. The van der Waals surface area contributed by atoms with Crippen LogP contribution in [0.2, 0.25) is 0 Å². The van der Waals surface area contributed by atoms with E-state index in [1.54, 1.807) is 12.1 Å². The first-order valence-corrected chi connectivity index (χ1v) is 23.7. The van der Waals surface area contributed by atoms with E-state index >= 15 is 0 Å². The number of likely N-dealkylation sites (tertiary alicyclic amines) is 2. The van der Waals surface area contributed by atoms with Crippen LogP contribution in [-0.4, -0.2) is 106 Å². The van der Waals surface area contributed by atoms with Crippen molar-refractivity contribution in [1.29, 1.82) is 0 Å². The van der Waals surface area contributed by atoms with E-state index in [0.717, 1.165) is 98.1 Å². The molecule has 0 radical (unpaired) electrons. The minimum atomic E-state index is -4.10. The van der Waals surface area contributed by atoms with Crippen molar-refractivity contribution in [3.8, 4) is 11.5 Å². The van der Waals surface area contributed by atoms with E-state index in [-0.39, 0.29) is 61.3 Å². The first-order valence-electron chi connectivity index (χ1n) is 23.7. The number of alkyl halides is 6. The maximum absolute atomic E-state index is 12.9. The Hall–Kier alpha value is -4.74. The van der Waals surface area contributed by atoms with Gasteiger partial charge in [-0.15, -0.1) is 0 Å². The van der Waals surface area contributed by atoms with Crippen LogP contribution >= 0.6 is 0 Å². The molecule has 2 aliphatic carbocycles. The molecule has 0 unspecified atom stereocenters. The number of phenols is 1. The number of phenolic OH excluding ortho intramolecular Hbond substituents is 1. The van der Waals surface area contributed by atoms with Crippen molar-refractivity contribution in [2.75, 3.05) is 39.4 Å². The minimum absolute atomic E-state index is 0.00676. The Labute approximate surface area is 388 Å². The van der Waals surface area contributed by atoms with Crippen LogP contribution in [0.3, 0.4) is 0 Å². The van der Waals surface area contributed by atoms with Crippen LogP contribution in [0.15, 0.2) is 60.7 Å². The molecule has 4 heterocycles. The lowest BCUT2D eigenvalue weighted by molar-refractivity contribution is -0.186. The van der Waals surface area contributed by atoms with E-state index in [4.69, 9.17) is 24.3 Å². The third kappa shape index (κ3) is 15.6. The van der Waals surface area contributed by atoms with Crippen molar-refractivity contribution in [1.82, 2.24) is 19.8 Å². The van der Waals surface area contributed by atoms with Gasteiger partial charge in [0.25, 0.3) is 0 Å². The summed E-state index contributed by atoms with van der Waals surface area (Å²) < 4.78 is 90.8. The Morgan fingerprint density at radius 2 is 1.03 bits per heavy atom. The molecule has 2 aromatic carbocycles. The summed E-state index contributed by atoms with van der Waals surface area (Å²) in [5, 5.41) is 20.3. The van der Waals surface area contributed by atoms with Gasteiger partial charge in [0.2, 0.25) is 0 Å². The second-order valence-electron chi connectivity index (χ2n) is 18.1. The number of halogens is 6. The Balaban J connectivity index is 0.000000188. The van der Waals surface area contributed by atoms with Gasteiger partial charge in [0.1, 0.15) is 11.5 Å². The molecule has 0 atom stereocenters. The molecule has 4 aromatic rings. The van der Waals surface area contributed by atoms with Gasteiger partial charge in [-0.2, -0.15) is 26.3 Å². The zero-order valence-electron chi connectivity index (χ0n) is 38.4. The zero-order chi connectivity index (χ0) is 48.1. The smallest absolute Gasteiger partial charge is 0.391 e. The molecular formula is C50H64F6N4O7. The molecule has 0 amide bonds. The van der Waals surface area contributed by atoms with Crippen LogP contribution in [0.5, 0.6) is 11.5 Å². The van der Waals surface area contributed by atoms with Crippen molar-refractivity contribution < 1.29 is 60.4 Å². The van der Waals surface area contributed by atoms with Crippen LogP contribution < -0.4 is 4.74 Å². The average molecular weight is 947 g/mol. The Bertz CT molecular complexity index is 2200. The third-order valence-electron chi connectivity index (χ3n) is 13.2. The monoisotopic (exact) mass is 946 g/mol. The predicted molar refractivity (Wildman–Crippen MR) is 241 cm³/mol. The number of carbonyl (C=O) groups is 2. The summed E-state index contributed by atoms with van der Waals surface area (Å²) in [7, 11) is 0. The third-order valence-corrected chi connectivity index (χ3v) is 13.2. The van der Waals surface area contributed by atoms with Crippen LogP contribution in [0.4, 0.5) is 26.3 Å².